The second kappa shape index (κ2) is 11.8. The van der Waals surface area contributed by atoms with E-state index in [1.165, 1.54) is 6.07 Å². The summed E-state index contributed by atoms with van der Waals surface area (Å²) in [7, 11) is 0. The Kier molecular flexibility index (Phi) is 8.61. The first-order valence-electron chi connectivity index (χ1n) is 11.1. The zero-order valence-corrected chi connectivity index (χ0v) is 20.9. The fraction of sp³-hybridized carbons (Fsp3) is 0.143. The van der Waals surface area contributed by atoms with Gasteiger partial charge in [-0.1, -0.05) is 29.8 Å². The number of amides is 1. The number of nitriles is 1. The molecule has 0 aliphatic rings. The van der Waals surface area contributed by atoms with Crippen LogP contribution in [0, 0.1) is 25.2 Å². The predicted octanol–water partition coefficient (Wildman–Crippen LogP) is 5.86. The Morgan fingerprint density at radius 1 is 1.25 bits per heavy atom. The molecule has 182 valence electrons. The Morgan fingerprint density at radius 2 is 2.03 bits per heavy atom. The van der Waals surface area contributed by atoms with Crippen molar-refractivity contribution in [1.29, 1.82) is 5.26 Å². The number of nitrogens with zero attached hydrogens (tertiary/aromatic N) is 2. The van der Waals surface area contributed by atoms with E-state index in [1.807, 2.05) is 32.1 Å². The van der Waals surface area contributed by atoms with E-state index >= 15 is 0 Å². The number of hydrogen-bond acceptors (Lipinski definition) is 5. The number of halogens is 1. The van der Waals surface area contributed by atoms with Gasteiger partial charge in [0.15, 0.2) is 0 Å². The number of rotatable bonds is 8. The van der Waals surface area contributed by atoms with Crippen molar-refractivity contribution in [3.63, 3.8) is 0 Å². The van der Waals surface area contributed by atoms with Crippen LogP contribution < -0.4 is 15.6 Å². The zero-order chi connectivity index (χ0) is 26.2. The number of benzene rings is 2. The number of aliphatic imine (C=N–C) groups is 1. The molecular formula is C28H25ClN4O3. The van der Waals surface area contributed by atoms with Crippen LogP contribution in [0.1, 0.15) is 45.2 Å². The SMILES string of the molecule is C=N/C=C\C(=C/C)c1cccc(Oc2ccc(C(=O)NCc3c(C)cc(C)[nH]c3=O)cc2Cl)c1C#N. The number of hydrogen-bond donors (Lipinski definition) is 2. The molecule has 1 aromatic heterocycles. The van der Waals surface area contributed by atoms with Gasteiger partial charge in [-0.05, 0) is 75.0 Å². The van der Waals surface area contributed by atoms with E-state index in [4.69, 9.17) is 16.3 Å². The van der Waals surface area contributed by atoms with Crippen molar-refractivity contribution in [3.05, 3.63) is 110 Å². The van der Waals surface area contributed by atoms with Crippen molar-refractivity contribution in [1.82, 2.24) is 10.3 Å². The average molecular weight is 501 g/mol. The molecule has 3 rings (SSSR count). The average Bonchev–Trinajstić information content (AvgIpc) is 2.85. The molecule has 0 atom stereocenters. The summed E-state index contributed by atoms with van der Waals surface area (Å²) in [6.07, 6.45) is 5.15. The topological polar surface area (TPSA) is 107 Å². The summed E-state index contributed by atoms with van der Waals surface area (Å²) in [6, 6.07) is 13.9. The minimum Gasteiger partial charge on any atom is -0.454 e. The van der Waals surface area contributed by atoms with E-state index in [2.05, 4.69) is 28.1 Å². The van der Waals surface area contributed by atoms with Crippen LogP contribution in [0.4, 0.5) is 0 Å². The van der Waals surface area contributed by atoms with Crippen molar-refractivity contribution < 1.29 is 9.53 Å². The molecule has 1 heterocycles. The lowest BCUT2D eigenvalue weighted by molar-refractivity contribution is 0.0950. The smallest absolute Gasteiger partial charge is 0.253 e. The Hall–Kier alpha value is -4.41. The van der Waals surface area contributed by atoms with Crippen LogP contribution in [0.25, 0.3) is 5.57 Å². The molecular weight excluding hydrogens is 476 g/mol. The van der Waals surface area contributed by atoms with E-state index in [9.17, 15) is 14.9 Å². The Labute approximate surface area is 214 Å². The molecule has 2 aromatic carbocycles. The van der Waals surface area contributed by atoms with Crippen LogP contribution in [0.2, 0.25) is 5.02 Å². The molecule has 0 radical (unpaired) electrons. The van der Waals surface area contributed by atoms with Gasteiger partial charge in [0.1, 0.15) is 23.1 Å². The zero-order valence-electron chi connectivity index (χ0n) is 20.2. The number of nitrogens with one attached hydrogen (secondary N) is 2. The Balaban J connectivity index is 1.81. The molecule has 0 fully saturated rings. The molecule has 0 unspecified atom stereocenters. The van der Waals surface area contributed by atoms with Gasteiger partial charge >= 0.3 is 0 Å². The maximum absolute atomic E-state index is 12.7. The normalized spacial score (nSPS) is 11.2. The quantitative estimate of drug-likeness (QED) is 0.298. The summed E-state index contributed by atoms with van der Waals surface area (Å²) in [5, 5.41) is 12.8. The van der Waals surface area contributed by atoms with E-state index in [0.717, 1.165) is 16.8 Å². The summed E-state index contributed by atoms with van der Waals surface area (Å²) in [4.78, 5) is 31.3. The van der Waals surface area contributed by atoms with Crippen LogP contribution >= 0.6 is 11.6 Å². The molecule has 0 aliphatic heterocycles. The number of pyridine rings is 1. The molecule has 2 N–H and O–H groups in total. The predicted molar refractivity (Wildman–Crippen MR) is 143 cm³/mol. The first kappa shape index (κ1) is 26.2. The summed E-state index contributed by atoms with van der Waals surface area (Å²) in [6.45, 7) is 8.99. The third-order valence-corrected chi connectivity index (χ3v) is 5.75. The van der Waals surface area contributed by atoms with Crippen molar-refractivity contribution in [2.75, 3.05) is 0 Å². The number of aromatic amines is 1. The molecule has 3 aromatic rings. The number of allylic oxidation sites excluding steroid dienone is 3. The van der Waals surface area contributed by atoms with E-state index in [0.29, 0.717) is 28.0 Å². The number of ether oxygens (including phenoxy) is 1. The highest BCUT2D eigenvalue weighted by Crippen LogP contribution is 2.35. The lowest BCUT2D eigenvalue weighted by Gasteiger charge is -2.13. The number of carbonyl (C=O) groups excluding carboxylic acids is 1. The molecule has 0 saturated carbocycles. The highest BCUT2D eigenvalue weighted by atomic mass is 35.5. The maximum atomic E-state index is 12.7. The fourth-order valence-corrected chi connectivity index (χ4v) is 3.88. The summed E-state index contributed by atoms with van der Waals surface area (Å²) < 4.78 is 5.96. The summed E-state index contributed by atoms with van der Waals surface area (Å²) in [5.41, 5.74) is 3.90. The minimum atomic E-state index is -0.386. The third-order valence-electron chi connectivity index (χ3n) is 5.45. The third kappa shape index (κ3) is 5.98. The van der Waals surface area contributed by atoms with Crippen molar-refractivity contribution in [2.45, 2.75) is 27.3 Å². The first-order chi connectivity index (χ1) is 17.3. The van der Waals surface area contributed by atoms with Gasteiger partial charge in [-0.3, -0.25) is 14.6 Å². The molecule has 1 amide bonds. The molecule has 0 saturated heterocycles. The van der Waals surface area contributed by atoms with Gasteiger partial charge in [-0.2, -0.15) is 5.26 Å². The lowest BCUT2D eigenvalue weighted by Crippen LogP contribution is -2.27. The minimum absolute atomic E-state index is 0.0809. The standard InChI is InChI=1S/C28H25ClN4O3/c1-5-19(11-12-31-4)21-7-6-8-25(22(21)15-30)36-26-10-9-20(14-24(26)29)27(34)32-16-23-17(2)13-18(3)33-28(23)35/h5-14H,4,16H2,1-3H3,(H,32,34)(H,33,35)/b12-11-,19-5+. The Bertz CT molecular complexity index is 1480. The molecule has 36 heavy (non-hydrogen) atoms. The van der Waals surface area contributed by atoms with Crippen LogP contribution in [0.3, 0.4) is 0 Å². The second-order valence-electron chi connectivity index (χ2n) is 7.91. The van der Waals surface area contributed by atoms with E-state index in [-0.39, 0.29) is 28.8 Å². The summed E-state index contributed by atoms with van der Waals surface area (Å²) in [5.74, 6) is 0.225. The Morgan fingerprint density at radius 3 is 2.67 bits per heavy atom. The van der Waals surface area contributed by atoms with Gasteiger partial charge in [0.05, 0.1) is 5.02 Å². The second-order valence-corrected chi connectivity index (χ2v) is 8.31. The largest absolute Gasteiger partial charge is 0.454 e. The van der Waals surface area contributed by atoms with Gasteiger partial charge in [0.25, 0.3) is 11.5 Å². The lowest BCUT2D eigenvalue weighted by atomic mass is 9.99. The fourth-order valence-electron chi connectivity index (χ4n) is 3.66. The molecule has 8 heteroatoms. The van der Waals surface area contributed by atoms with E-state index < -0.39 is 0 Å². The molecule has 7 nitrogen and oxygen atoms in total. The summed E-state index contributed by atoms with van der Waals surface area (Å²) >= 11 is 6.42. The van der Waals surface area contributed by atoms with Crippen LogP contribution in [-0.4, -0.2) is 17.6 Å². The number of aromatic nitrogens is 1. The van der Waals surface area contributed by atoms with Crippen LogP contribution in [0.5, 0.6) is 11.5 Å². The van der Waals surface area contributed by atoms with Crippen molar-refractivity contribution in [2.24, 2.45) is 4.99 Å². The van der Waals surface area contributed by atoms with Crippen molar-refractivity contribution in [3.8, 4) is 17.6 Å². The first-order valence-corrected chi connectivity index (χ1v) is 11.4. The number of H-pyrrole nitrogens is 1. The van der Waals surface area contributed by atoms with Crippen LogP contribution in [-0.2, 0) is 6.54 Å². The molecule has 0 spiro atoms. The van der Waals surface area contributed by atoms with Crippen molar-refractivity contribution >= 4 is 29.8 Å². The molecule has 0 aliphatic carbocycles. The van der Waals surface area contributed by atoms with Gasteiger partial charge < -0.3 is 15.0 Å². The van der Waals surface area contributed by atoms with Gasteiger partial charge in [0, 0.05) is 35.1 Å². The highest BCUT2D eigenvalue weighted by molar-refractivity contribution is 6.32. The number of aryl methyl sites for hydroxylation is 2. The van der Waals surface area contributed by atoms with Gasteiger partial charge in [0.2, 0.25) is 0 Å². The number of carbonyl (C=O) groups is 1. The molecule has 0 bridgehead atoms. The monoisotopic (exact) mass is 500 g/mol. The van der Waals surface area contributed by atoms with E-state index in [1.54, 1.807) is 43.5 Å². The van der Waals surface area contributed by atoms with Crippen LogP contribution in [0.15, 0.2) is 70.6 Å². The highest BCUT2D eigenvalue weighted by Gasteiger charge is 2.15. The maximum Gasteiger partial charge on any atom is 0.253 e. The van der Waals surface area contributed by atoms with Gasteiger partial charge in [-0.15, -0.1) is 0 Å². The van der Waals surface area contributed by atoms with Gasteiger partial charge in [-0.25, -0.2) is 0 Å².